The summed E-state index contributed by atoms with van der Waals surface area (Å²) in [5.41, 5.74) is 7.57. The van der Waals surface area contributed by atoms with E-state index in [-0.39, 0.29) is 0 Å². The first-order valence-electron chi connectivity index (χ1n) is 5.63. The summed E-state index contributed by atoms with van der Waals surface area (Å²) in [4.78, 5) is 0. The van der Waals surface area contributed by atoms with E-state index in [1.165, 1.54) is 0 Å². The van der Waals surface area contributed by atoms with Crippen LogP contribution in [-0.2, 0) is 0 Å². The van der Waals surface area contributed by atoms with Gasteiger partial charge < -0.3 is 10.3 Å². The molecule has 1 unspecified atom stereocenters. The Morgan fingerprint density at radius 1 is 1.41 bits per heavy atom. The molecule has 0 radical (unpaired) electrons. The Morgan fingerprint density at radius 2 is 2.18 bits per heavy atom. The van der Waals surface area contributed by atoms with E-state index in [4.69, 9.17) is 21.9 Å². The molecule has 1 atom stereocenters. The van der Waals surface area contributed by atoms with E-state index in [1.807, 2.05) is 18.2 Å². The van der Waals surface area contributed by atoms with E-state index in [1.54, 1.807) is 6.07 Å². The van der Waals surface area contributed by atoms with Gasteiger partial charge in [-0.25, -0.2) is 0 Å². The first-order chi connectivity index (χ1) is 8.11. The molecule has 2 N–H and O–H groups in total. The SMILES string of the molecule is CCC(C)c1ccc(-c2cc(N)no2)cc1Cl. The molecular formula is C13H15ClN2O. The van der Waals surface area contributed by atoms with Crippen LogP contribution >= 0.6 is 11.6 Å². The van der Waals surface area contributed by atoms with Crippen molar-refractivity contribution in [1.29, 1.82) is 0 Å². The molecule has 0 aliphatic heterocycles. The summed E-state index contributed by atoms with van der Waals surface area (Å²) in [7, 11) is 0. The lowest BCUT2D eigenvalue weighted by Crippen LogP contribution is -1.92. The largest absolute Gasteiger partial charge is 0.381 e. The van der Waals surface area contributed by atoms with Crippen molar-refractivity contribution in [3.8, 4) is 11.3 Å². The van der Waals surface area contributed by atoms with Gasteiger partial charge in [0, 0.05) is 16.7 Å². The van der Waals surface area contributed by atoms with Crippen LogP contribution in [-0.4, -0.2) is 5.16 Å². The van der Waals surface area contributed by atoms with Crippen LogP contribution in [0.3, 0.4) is 0 Å². The van der Waals surface area contributed by atoms with Crippen molar-refractivity contribution >= 4 is 17.4 Å². The molecule has 4 heteroatoms. The molecule has 90 valence electrons. The second kappa shape index (κ2) is 4.80. The predicted molar refractivity (Wildman–Crippen MR) is 70.1 cm³/mol. The van der Waals surface area contributed by atoms with Crippen molar-refractivity contribution in [3.05, 3.63) is 34.9 Å². The van der Waals surface area contributed by atoms with Crippen molar-refractivity contribution in [3.63, 3.8) is 0 Å². The smallest absolute Gasteiger partial charge is 0.169 e. The molecule has 3 nitrogen and oxygen atoms in total. The third-order valence-electron chi connectivity index (χ3n) is 2.96. The first kappa shape index (κ1) is 12.0. The van der Waals surface area contributed by atoms with Gasteiger partial charge in [-0.3, -0.25) is 0 Å². The van der Waals surface area contributed by atoms with Crippen LogP contribution in [0.2, 0.25) is 5.02 Å². The van der Waals surface area contributed by atoms with Crippen LogP contribution in [0.4, 0.5) is 5.82 Å². The lowest BCUT2D eigenvalue weighted by Gasteiger charge is -2.11. The van der Waals surface area contributed by atoms with E-state index >= 15 is 0 Å². The Kier molecular flexibility index (Phi) is 3.38. The summed E-state index contributed by atoms with van der Waals surface area (Å²) in [6, 6.07) is 7.59. The van der Waals surface area contributed by atoms with Crippen LogP contribution in [0, 0.1) is 0 Å². The van der Waals surface area contributed by atoms with Crippen LogP contribution in [0.25, 0.3) is 11.3 Å². The number of aromatic nitrogens is 1. The van der Waals surface area contributed by atoms with E-state index < -0.39 is 0 Å². The van der Waals surface area contributed by atoms with Crippen molar-refractivity contribution < 1.29 is 4.52 Å². The van der Waals surface area contributed by atoms with Gasteiger partial charge in [0.25, 0.3) is 0 Å². The second-order valence-corrected chi connectivity index (χ2v) is 4.57. The standard InChI is InChI=1S/C13H15ClN2O/c1-3-8(2)10-5-4-9(6-11(10)14)12-7-13(15)16-17-12/h4-8H,3H2,1-2H3,(H2,15,16). The number of hydrogen-bond acceptors (Lipinski definition) is 3. The van der Waals surface area contributed by atoms with Crippen molar-refractivity contribution in [1.82, 2.24) is 5.16 Å². The highest BCUT2D eigenvalue weighted by molar-refractivity contribution is 6.31. The van der Waals surface area contributed by atoms with E-state index in [2.05, 4.69) is 19.0 Å². The number of benzene rings is 1. The Labute approximate surface area is 106 Å². The number of hydrogen-bond donors (Lipinski definition) is 1. The number of halogens is 1. The molecule has 17 heavy (non-hydrogen) atoms. The van der Waals surface area contributed by atoms with Gasteiger partial charge in [-0.15, -0.1) is 0 Å². The zero-order valence-corrected chi connectivity index (χ0v) is 10.7. The summed E-state index contributed by atoms with van der Waals surface area (Å²) in [5.74, 6) is 1.47. The molecule has 1 heterocycles. The van der Waals surface area contributed by atoms with Gasteiger partial charge in [-0.2, -0.15) is 0 Å². The first-order valence-corrected chi connectivity index (χ1v) is 6.01. The Bertz CT molecular complexity index is 522. The van der Waals surface area contributed by atoms with Gasteiger partial charge in [0.05, 0.1) is 0 Å². The molecule has 0 bridgehead atoms. The zero-order valence-electron chi connectivity index (χ0n) is 9.90. The Hall–Kier alpha value is -1.48. The maximum absolute atomic E-state index is 6.27. The summed E-state index contributed by atoms with van der Waals surface area (Å²) < 4.78 is 5.10. The van der Waals surface area contributed by atoms with Crippen LogP contribution in [0.15, 0.2) is 28.8 Å². The zero-order chi connectivity index (χ0) is 12.4. The lowest BCUT2D eigenvalue weighted by molar-refractivity contribution is 0.436. The third-order valence-corrected chi connectivity index (χ3v) is 3.28. The fourth-order valence-corrected chi connectivity index (χ4v) is 2.09. The average Bonchev–Trinajstić information content (AvgIpc) is 2.75. The minimum Gasteiger partial charge on any atom is -0.381 e. The Balaban J connectivity index is 2.37. The van der Waals surface area contributed by atoms with Gasteiger partial charge >= 0.3 is 0 Å². The maximum Gasteiger partial charge on any atom is 0.169 e. The van der Waals surface area contributed by atoms with Crippen LogP contribution < -0.4 is 5.73 Å². The fraction of sp³-hybridized carbons (Fsp3) is 0.308. The van der Waals surface area contributed by atoms with Crippen LogP contribution in [0.1, 0.15) is 31.7 Å². The van der Waals surface area contributed by atoms with E-state index in [0.29, 0.717) is 17.5 Å². The highest BCUT2D eigenvalue weighted by Crippen LogP contribution is 2.31. The summed E-state index contributed by atoms with van der Waals surface area (Å²) in [6.45, 7) is 4.30. The predicted octanol–water partition coefficient (Wildman–Crippen LogP) is 4.09. The topological polar surface area (TPSA) is 52.0 Å². The normalized spacial score (nSPS) is 12.6. The van der Waals surface area contributed by atoms with Crippen molar-refractivity contribution in [2.75, 3.05) is 5.73 Å². The highest BCUT2D eigenvalue weighted by atomic mass is 35.5. The quantitative estimate of drug-likeness (QED) is 0.893. The minimum atomic E-state index is 0.377. The van der Waals surface area contributed by atoms with Gasteiger partial charge in [0.15, 0.2) is 11.6 Å². The van der Waals surface area contributed by atoms with Crippen LogP contribution in [0.5, 0.6) is 0 Å². The van der Waals surface area contributed by atoms with Gasteiger partial charge in [-0.1, -0.05) is 42.7 Å². The van der Waals surface area contributed by atoms with Gasteiger partial charge in [0.2, 0.25) is 0 Å². The second-order valence-electron chi connectivity index (χ2n) is 4.16. The molecule has 0 aliphatic carbocycles. The monoisotopic (exact) mass is 250 g/mol. The van der Waals surface area contributed by atoms with Gasteiger partial charge in [-0.05, 0) is 24.0 Å². The molecule has 0 amide bonds. The molecule has 0 saturated carbocycles. The molecule has 1 aromatic heterocycles. The molecule has 2 rings (SSSR count). The van der Waals surface area contributed by atoms with Gasteiger partial charge in [0.1, 0.15) is 0 Å². The number of nitrogens with two attached hydrogens (primary N) is 1. The van der Waals surface area contributed by atoms with Crippen molar-refractivity contribution in [2.24, 2.45) is 0 Å². The summed E-state index contributed by atoms with van der Waals surface area (Å²) in [6.07, 6.45) is 1.06. The minimum absolute atomic E-state index is 0.377. The molecule has 0 fully saturated rings. The van der Waals surface area contributed by atoms with E-state index in [0.717, 1.165) is 22.6 Å². The maximum atomic E-state index is 6.27. The lowest BCUT2D eigenvalue weighted by atomic mass is 9.97. The number of anilines is 1. The Morgan fingerprint density at radius 3 is 2.71 bits per heavy atom. The van der Waals surface area contributed by atoms with E-state index in [9.17, 15) is 0 Å². The fourth-order valence-electron chi connectivity index (χ4n) is 1.72. The van der Waals surface area contributed by atoms with Crippen molar-refractivity contribution in [2.45, 2.75) is 26.2 Å². The molecule has 1 aromatic carbocycles. The molecule has 2 aromatic rings. The number of nitrogens with zero attached hydrogens (tertiary/aromatic N) is 1. The molecular weight excluding hydrogens is 236 g/mol. The molecule has 0 spiro atoms. The average molecular weight is 251 g/mol. The third kappa shape index (κ3) is 2.44. The highest BCUT2D eigenvalue weighted by Gasteiger charge is 2.11. The summed E-state index contributed by atoms with van der Waals surface area (Å²) in [5, 5.41) is 4.41. The summed E-state index contributed by atoms with van der Waals surface area (Å²) >= 11 is 6.27. The molecule has 0 saturated heterocycles. The number of nitrogen functional groups attached to an aromatic ring is 1. The number of rotatable bonds is 3. The molecule has 0 aliphatic rings.